The van der Waals surface area contributed by atoms with Crippen LogP contribution in [-0.2, 0) is 9.53 Å². The molecule has 6 nitrogen and oxygen atoms in total. The molecular weight excluding hydrogens is 302 g/mol. The number of benzene rings is 1. The van der Waals surface area contributed by atoms with Gasteiger partial charge in [-0.2, -0.15) is 5.26 Å². The summed E-state index contributed by atoms with van der Waals surface area (Å²) in [5.41, 5.74) is 1.50. The predicted molar refractivity (Wildman–Crippen MR) is 81.7 cm³/mol. The molecule has 0 atom stereocenters. The van der Waals surface area contributed by atoms with E-state index in [-0.39, 0.29) is 0 Å². The molecule has 1 aromatic carbocycles. The maximum Gasteiger partial charge on any atom is 0.350 e. The molecule has 0 bridgehead atoms. The quantitative estimate of drug-likeness (QED) is 0.875. The van der Waals surface area contributed by atoms with E-state index < -0.39 is 18.5 Å². The standard InChI is InChI=1S/C15H13N3O3S/c1-9-14(22-10(2)17-9)15(20)21-8-13(19)18-12-5-3-4-11(6-12)7-16/h3-6H,8H2,1-2H3,(H,18,19). The molecule has 1 amide bonds. The first-order valence-corrected chi connectivity index (χ1v) is 7.22. The number of nitrogens with zero attached hydrogens (tertiary/aromatic N) is 2. The molecule has 0 radical (unpaired) electrons. The molecule has 2 rings (SSSR count). The van der Waals surface area contributed by atoms with Crippen LogP contribution >= 0.6 is 11.3 Å². The molecule has 0 aliphatic carbocycles. The van der Waals surface area contributed by atoms with Crippen molar-refractivity contribution in [2.45, 2.75) is 13.8 Å². The molecule has 0 saturated carbocycles. The first-order valence-electron chi connectivity index (χ1n) is 6.41. The minimum atomic E-state index is -0.566. The van der Waals surface area contributed by atoms with Crippen molar-refractivity contribution in [2.75, 3.05) is 11.9 Å². The number of carbonyl (C=O) groups is 2. The fraction of sp³-hybridized carbons (Fsp3) is 0.200. The van der Waals surface area contributed by atoms with Crippen LogP contribution in [0.1, 0.15) is 25.9 Å². The maximum absolute atomic E-state index is 11.9. The number of thiazole rings is 1. The number of ether oxygens (including phenoxy) is 1. The van der Waals surface area contributed by atoms with E-state index in [2.05, 4.69) is 10.3 Å². The van der Waals surface area contributed by atoms with Crippen molar-refractivity contribution in [1.82, 2.24) is 4.98 Å². The number of amides is 1. The SMILES string of the molecule is Cc1nc(C)c(C(=O)OCC(=O)Nc2cccc(C#N)c2)s1. The first-order chi connectivity index (χ1) is 10.5. The Morgan fingerprint density at radius 1 is 1.41 bits per heavy atom. The van der Waals surface area contributed by atoms with Crippen LogP contribution in [0, 0.1) is 25.2 Å². The summed E-state index contributed by atoms with van der Waals surface area (Å²) in [7, 11) is 0. The monoisotopic (exact) mass is 315 g/mol. The predicted octanol–water partition coefficient (Wildman–Crippen LogP) is 2.43. The van der Waals surface area contributed by atoms with Crippen molar-refractivity contribution in [3.8, 4) is 6.07 Å². The second-order valence-corrected chi connectivity index (χ2v) is 5.67. The molecule has 0 saturated heterocycles. The Morgan fingerprint density at radius 2 is 2.18 bits per heavy atom. The summed E-state index contributed by atoms with van der Waals surface area (Å²) in [5.74, 6) is -1.04. The number of anilines is 1. The molecule has 0 spiro atoms. The molecule has 7 heteroatoms. The summed E-state index contributed by atoms with van der Waals surface area (Å²) >= 11 is 1.23. The van der Waals surface area contributed by atoms with E-state index in [1.165, 1.54) is 17.4 Å². The molecule has 22 heavy (non-hydrogen) atoms. The molecule has 1 heterocycles. The summed E-state index contributed by atoms with van der Waals surface area (Å²) in [5, 5.41) is 12.1. The van der Waals surface area contributed by atoms with Crippen LogP contribution in [0.5, 0.6) is 0 Å². The van der Waals surface area contributed by atoms with Gasteiger partial charge in [-0.3, -0.25) is 4.79 Å². The fourth-order valence-corrected chi connectivity index (χ4v) is 2.59. The highest BCUT2D eigenvalue weighted by Crippen LogP contribution is 2.18. The second kappa shape index (κ2) is 6.83. The lowest BCUT2D eigenvalue weighted by atomic mass is 10.2. The highest BCUT2D eigenvalue weighted by molar-refractivity contribution is 7.13. The second-order valence-electron chi connectivity index (χ2n) is 4.46. The minimum Gasteiger partial charge on any atom is -0.451 e. The number of hydrogen-bond acceptors (Lipinski definition) is 6. The first kappa shape index (κ1) is 15.7. The number of aryl methyl sites for hydroxylation is 2. The Morgan fingerprint density at radius 3 is 2.82 bits per heavy atom. The van der Waals surface area contributed by atoms with Gasteiger partial charge in [0.25, 0.3) is 5.91 Å². The summed E-state index contributed by atoms with van der Waals surface area (Å²) in [6, 6.07) is 8.45. The van der Waals surface area contributed by atoms with E-state index in [1.54, 1.807) is 32.0 Å². The molecule has 0 aliphatic rings. The van der Waals surface area contributed by atoms with Crippen molar-refractivity contribution in [1.29, 1.82) is 5.26 Å². The van der Waals surface area contributed by atoms with Gasteiger partial charge in [-0.05, 0) is 32.0 Å². The topological polar surface area (TPSA) is 92.1 Å². The van der Waals surface area contributed by atoms with Gasteiger partial charge in [0.05, 0.1) is 22.3 Å². The number of nitriles is 1. The molecule has 0 fully saturated rings. The van der Waals surface area contributed by atoms with Crippen LogP contribution in [0.2, 0.25) is 0 Å². The van der Waals surface area contributed by atoms with E-state index >= 15 is 0 Å². The lowest BCUT2D eigenvalue weighted by Gasteiger charge is -2.06. The van der Waals surface area contributed by atoms with Crippen LogP contribution in [0.15, 0.2) is 24.3 Å². The van der Waals surface area contributed by atoms with Crippen LogP contribution in [0.25, 0.3) is 0 Å². The third kappa shape index (κ3) is 3.90. The average Bonchev–Trinajstić information content (AvgIpc) is 2.83. The normalized spacial score (nSPS) is 9.86. The number of carbonyl (C=O) groups excluding carboxylic acids is 2. The molecule has 2 aromatic rings. The summed E-state index contributed by atoms with van der Waals surface area (Å²) < 4.78 is 4.97. The van der Waals surface area contributed by atoms with Crippen LogP contribution < -0.4 is 5.32 Å². The highest BCUT2D eigenvalue weighted by Gasteiger charge is 2.16. The molecule has 0 unspecified atom stereocenters. The summed E-state index contributed by atoms with van der Waals surface area (Å²) in [6.07, 6.45) is 0. The van der Waals surface area contributed by atoms with Crippen molar-refractivity contribution < 1.29 is 14.3 Å². The van der Waals surface area contributed by atoms with Crippen LogP contribution in [0.4, 0.5) is 5.69 Å². The zero-order valence-electron chi connectivity index (χ0n) is 12.0. The van der Waals surface area contributed by atoms with Crippen molar-refractivity contribution in [3.63, 3.8) is 0 Å². The Kier molecular flexibility index (Phi) is 4.86. The molecule has 1 aromatic heterocycles. The van der Waals surface area contributed by atoms with Crippen LogP contribution in [-0.4, -0.2) is 23.5 Å². The zero-order chi connectivity index (χ0) is 16.1. The van der Waals surface area contributed by atoms with E-state index in [4.69, 9.17) is 10.00 Å². The number of hydrogen-bond donors (Lipinski definition) is 1. The number of esters is 1. The van der Waals surface area contributed by atoms with Gasteiger partial charge in [0.2, 0.25) is 0 Å². The lowest BCUT2D eigenvalue weighted by Crippen LogP contribution is -2.20. The number of nitrogens with one attached hydrogen (secondary N) is 1. The average molecular weight is 315 g/mol. The van der Waals surface area contributed by atoms with Gasteiger partial charge in [0.15, 0.2) is 6.61 Å². The Balaban J connectivity index is 1.91. The third-order valence-electron chi connectivity index (χ3n) is 2.70. The van der Waals surface area contributed by atoms with Crippen molar-refractivity contribution in [2.24, 2.45) is 0 Å². The molecule has 1 N–H and O–H groups in total. The van der Waals surface area contributed by atoms with E-state index in [0.717, 1.165) is 5.01 Å². The van der Waals surface area contributed by atoms with Gasteiger partial charge in [-0.15, -0.1) is 11.3 Å². The van der Waals surface area contributed by atoms with E-state index in [9.17, 15) is 9.59 Å². The zero-order valence-corrected chi connectivity index (χ0v) is 12.9. The van der Waals surface area contributed by atoms with Gasteiger partial charge >= 0.3 is 5.97 Å². The van der Waals surface area contributed by atoms with E-state index in [0.29, 0.717) is 21.8 Å². The molecule has 112 valence electrons. The van der Waals surface area contributed by atoms with Gasteiger partial charge in [-0.25, -0.2) is 9.78 Å². The fourth-order valence-electron chi connectivity index (χ4n) is 1.78. The number of aromatic nitrogens is 1. The van der Waals surface area contributed by atoms with Crippen molar-refractivity contribution >= 4 is 28.9 Å². The van der Waals surface area contributed by atoms with Crippen molar-refractivity contribution in [3.05, 3.63) is 45.4 Å². The minimum absolute atomic E-state index is 0.397. The van der Waals surface area contributed by atoms with Gasteiger partial charge in [0.1, 0.15) is 4.88 Å². The Bertz CT molecular complexity index is 762. The smallest absolute Gasteiger partial charge is 0.350 e. The third-order valence-corrected chi connectivity index (χ3v) is 3.75. The number of rotatable bonds is 4. The van der Waals surface area contributed by atoms with Crippen LogP contribution in [0.3, 0.4) is 0 Å². The van der Waals surface area contributed by atoms with Gasteiger partial charge in [0, 0.05) is 5.69 Å². The van der Waals surface area contributed by atoms with E-state index in [1.807, 2.05) is 6.07 Å². The van der Waals surface area contributed by atoms with Gasteiger partial charge < -0.3 is 10.1 Å². The lowest BCUT2D eigenvalue weighted by molar-refractivity contribution is -0.119. The Hall–Kier alpha value is -2.72. The largest absolute Gasteiger partial charge is 0.451 e. The Labute approximate surface area is 131 Å². The molecule has 0 aliphatic heterocycles. The maximum atomic E-state index is 11.9. The summed E-state index contributed by atoms with van der Waals surface area (Å²) in [6.45, 7) is 3.11. The van der Waals surface area contributed by atoms with Gasteiger partial charge in [-0.1, -0.05) is 6.07 Å². The molecular formula is C15H13N3O3S. The highest BCUT2D eigenvalue weighted by atomic mass is 32.1. The summed E-state index contributed by atoms with van der Waals surface area (Å²) in [4.78, 5) is 28.1.